The molecule has 17 heavy (non-hydrogen) atoms. The lowest BCUT2D eigenvalue weighted by atomic mass is 10.1. The molecule has 1 saturated carbocycles. The van der Waals surface area contributed by atoms with E-state index in [2.05, 4.69) is 33.4 Å². The zero-order valence-electron chi connectivity index (χ0n) is 10.2. The summed E-state index contributed by atoms with van der Waals surface area (Å²) in [5.74, 6) is 0. The summed E-state index contributed by atoms with van der Waals surface area (Å²) in [5.41, 5.74) is 7.89. The third-order valence-electron chi connectivity index (χ3n) is 3.51. The van der Waals surface area contributed by atoms with Gasteiger partial charge in [-0.15, -0.1) is 0 Å². The van der Waals surface area contributed by atoms with Crippen LogP contribution in [0.5, 0.6) is 0 Å². The number of nitrogens with one attached hydrogen (secondary N) is 1. The van der Waals surface area contributed by atoms with E-state index in [9.17, 15) is 0 Å². The zero-order valence-corrected chi connectivity index (χ0v) is 11.8. The van der Waals surface area contributed by atoms with Gasteiger partial charge in [0.2, 0.25) is 0 Å². The minimum absolute atomic E-state index is 0.703. The van der Waals surface area contributed by atoms with Crippen LogP contribution in [0, 0.1) is 0 Å². The van der Waals surface area contributed by atoms with Crippen molar-refractivity contribution < 1.29 is 0 Å². The number of hydrogen-bond donors (Lipinski definition) is 2. The molecule has 1 fully saturated rings. The topological polar surface area (TPSA) is 38.0 Å². The van der Waals surface area contributed by atoms with E-state index >= 15 is 0 Å². The first-order valence-corrected chi connectivity index (χ1v) is 7.32. The summed E-state index contributed by atoms with van der Waals surface area (Å²) in [6.07, 6.45) is 8.23. The predicted molar refractivity (Wildman–Crippen MR) is 76.9 cm³/mol. The lowest BCUT2D eigenvalue weighted by Gasteiger charge is -2.16. The molecule has 1 aromatic rings. The zero-order chi connectivity index (χ0) is 12.1. The van der Waals surface area contributed by atoms with Crippen molar-refractivity contribution in [2.75, 3.05) is 5.73 Å². The first-order chi connectivity index (χ1) is 8.25. The van der Waals surface area contributed by atoms with Crippen LogP contribution in [-0.4, -0.2) is 6.04 Å². The van der Waals surface area contributed by atoms with Gasteiger partial charge in [-0.05, 0) is 46.5 Å². The van der Waals surface area contributed by atoms with Crippen molar-refractivity contribution in [1.82, 2.24) is 5.32 Å². The highest BCUT2D eigenvalue weighted by molar-refractivity contribution is 9.10. The van der Waals surface area contributed by atoms with E-state index in [1.807, 2.05) is 6.07 Å². The van der Waals surface area contributed by atoms with Crippen molar-refractivity contribution in [2.24, 2.45) is 0 Å². The standard InChI is InChI=1S/C14H21BrN2/c15-13-9-11(7-8-14(13)16)10-17-12-5-3-1-2-4-6-12/h7-9,12,17H,1-6,10,16H2. The summed E-state index contributed by atoms with van der Waals surface area (Å²) >= 11 is 3.47. The Labute approximate surface area is 112 Å². The average Bonchev–Trinajstić information content (AvgIpc) is 2.59. The highest BCUT2D eigenvalue weighted by atomic mass is 79.9. The van der Waals surface area contributed by atoms with Gasteiger partial charge in [0.25, 0.3) is 0 Å². The molecule has 1 aliphatic rings. The van der Waals surface area contributed by atoms with Crippen LogP contribution in [0.4, 0.5) is 5.69 Å². The number of rotatable bonds is 3. The van der Waals surface area contributed by atoms with Gasteiger partial charge in [0.15, 0.2) is 0 Å². The van der Waals surface area contributed by atoms with Crippen LogP contribution in [0.15, 0.2) is 22.7 Å². The van der Waals surface area contributed by atoms with Gasteiger partial charge in [-0.1, -0.05) is 31.7 Å². The van der Waals surface area contributed by atoms with Gasteiger partial charge in [0.1, 0.15) is 0 Å². The van der Waals surface area contributed by atoms with Gasteiger partial charge in [0.05, 0.1) is 0 Å². The van der Waals surface area contributed by atoms with Crippen LogP contribution in [0.1, 0.15) is 44.1 Å². The molecule has 0 heterocycles. The van der Waals surface area contributed by atoms with E-state index in [1.165, 1.54) is 44.1 Å². The summed E-state index contributed by atoms with van der Waals surface area (Å²) in [6.45, 7) is 0.948. The minimum Gasteiger partial charge on any atom is -0.398 e. The van der Waals surface area contributed by atoms with Crippen LogP contribution < -0.4 is 11.1 Å². The van der Waals surface area contributed by atoms with E-state index in [0.717, 1.165) is 16.7 Å². The summed E-state index contributed by atoms with van der Waals surface area (Å²) in [4.78, 5) is 0. The number of nitrogens with two attached hydrogens (primary N) is 1. The number of nitrogen functional groups attached to an aromatic ring is 1. The molecule has 0 unspecified atom stereocenters. The lowest BCUT2D eigenvalue weighted by Crippen LogP contribution is -2.27. The summed E-state index contributed by atoms with van der Waals surface area (Å²) in [6, 6.07) is 6.88. The first kappa shape index (κ1) is 12.9. The highest BCUT2D eigenvalue weighted by Gasteiger charge is 2.11. The van der Waals surface area contributed by atoms with E-state index in [0.29, 0.717) is 6.04 Å². The molecule has 2 nitrogen and oxygen atoms in total. The maximum atomic E-state index is 5.78. The number of halogens is 1. The molecule has 0 saturated heterocycles. The Balaban J connectivity index is 1.85. The molecule has 1 aromatic carbocycles. The lowest BCUT2D eigenvalue weighted by molar-refractivity contribution is 0.459. The van der Waals surface area contributed by atoms with Crippen LogP contribution >= 0.6 is 15.9 Å². The van der Waals surface area contributed by atoms with Crippen molar-refractivity contribution in [2.45, 2.75) is 51.1 Å². The molecule has 0 amide bonds. The summed E-state index contributed by atoms with van der Waals surface area (Å²) in [5, 5.41) is 3.66. The van der Waals surface area contributed by atoms with Gasteiger partial charge in [-0.3, -0.25) is 0 Å². The van der Waals surface area contributed by atoms with Crippen molar-refractivity contribution in [3.8, 4) is 0 Å². The maximum absolute atomic E-state index is 5.78. The third-order valence-corrected chi connectivity index (χ3v) is 4.20. The van der Waals surface area contributed by atoms with Crippen LogP contribution in [0.25, 0.3) is 0 Å². The second kappa shape index (κ2) is 6.41. The summed E-state index contributed by atoms with van der Waals surface area (Å²) < 4.78 is 0.998. The van der Waals surface area contributed by atoms with E-state index in [4.69, 9.17) is 5.73 Å². The fourth-order valence-corrected chi connectivity index (χ4v) is 2.85. The number of anilines is 1. The van der Waals surface area contributed by atoms with Crippen molar-refractivity contribution >= 4 is 21.6 Å². The van der Waals surface area contributed by atoms with Crippen LogP contribution in [-0.2, 0) is 6.54 Å². The minimum atomic E-state index is 0.703. The maximum Gasteiger partial charge on any atom is 0.0458 e. The Morgan fingerprint density at radius 2 is 1.88 bits per heavy atom. The fraction of sp³-hybridized carbons (Fsp3) is 0.571. The fourth-order valence-electron chi connectivity index (χ4n) is 2.43. The molecule has 0 aromatic heterocycles. The van der Waals surface area contributed by atoms with Gasteiger partial charge in [0, 0.05) is 22.7 Å². The Bertz CT molecular complexity index is 357. The molecule has 94 valence electrons. The average molecular weight is 297 g/mol. The Hall–Kier alpha value is -0.540. The van der Waals surface area contributed by atoms with Gasteiger partial charge < -0.3 is 11.1 Å². The highest BCUT2D eigenvalue weighted by Crippen LogP contribution is 2.21. The van der Waals surface area contributed by atoms with Crippen molar-refractivity contribution in [1.29, 1.82) is 0 Å². The molecular weight excluding hydrogens is 276 g/mol. The molecular formula is C14H21BrN2. The number of benzene rings is 1. The predicted octanol–water partition coefficient (Wildman–Crippen LogP) is 3.84. The van der Waals surface area contributed by atoms with E-state index < -0.39 is 0 Å². The molecule has 1 aliphatic carbocycles. The Morgan fingerprint density at radius 1 is 1.18 bits per heavy atom. The molecule has 0 radical (unpaired) electrons. The Morgan fingerprint density at radius 3 is 2.53 bits per heavy atom. The van der Waals surface area contributed by atoms with Crippen molar-refractivity contribution in [3.05, 3.63) is 28.2 Å². The monoisotopic (exact) mass is 296 g/mol. The Kier molecular flexibility index (Phi) is 4.86. The van der Waals surface area contributed by atoms with E-state index in [1.54, 1.807) is 0 Å². The molecule has 2 rings (SSSR count). The molecule has 3 heteroatoms. The smallest absolute Gasteiger partial charge is 0.0458 e. The molecule has 3 N–H and O–H groups in total. The number of hydrogen-bond acceptors (Lipinski definition) is 2. The second-order valence-corrected chi connectivity index (χ2v) is 5.78. The SMILES string of the molecule is Nc1ccc(CNC2CCCCCC2)cc1Br. The second-order valence-electron chi connectivity index (χ2n) is 4.93. The van der Waals surface area contributed by atoms with Crippen LogP contribution in [0.3, 0.4) is 0 Å². The first-order valence-electron chi connectivity index (χ1n) is 6.53. The summed E-state index contributed by atoms with van der Waals surface area (Å²) in [7, 11) is 0. The largest absolute Gasteiger partial charge is 0.398 e. The van der Waals surface area contributed by atoms with E-state index in [-0.39, 0.29) is 0 Å². The quantitative estimate of drug-likeness (QED) is 0.657. The molecule has 0 atom stereocenters. The van der Waals surface area contributed by atoms with Crippen molar-refractivity contribution in [3.63, 3.8) is 0 Å². The van der Waals surface area contributed by atoms with Gasteiger partial charge >= 0.3 is 0 Å². The molecule has 0 spiro atoms. The third kappa shape index (κ3) is 4.00. The van der Waals surface area contributed by atoms with Gasteiger partial charge in [-0.2, -0.15) is 0 Å². The molecule has 0 bridgehead atoms. The van der Waals surface area contributed by atoms with Crippen LogP contribution in [0.2, 0.25) is 0 Å². The molecule has 0 aliphatic heterocycles. The van der Waals surface area contributed by atoms with Gasteiger partial charge in [-0.25, -0.2) is 0 Å². The normalized spacial score (nSPS) is 17.9.